The molecule has 0 bridgehead atoms. The molecule has 0 atom stereocenters. The van der Waals surface area contributed by atoms with Crippen molar-refractivity contribution in [2.75, 3.05) is 26.2 Å². The Morgan fingerprint density at radius 3 is 2.06 bits per heavy atom. The quantitative estimate of drug-likeness (QED) is 0.690. The predicted molar refractivity (Wildman–Crippen MR) is 131 cm³/mol. The van der Waals surface area contributed by atoms with Crippen LogP contribution in [0.15, 0.2) is 41.5 Å². The summed E-state index contributed by atoms with van der Waals surface area (Å²) in [5.41, 5.74) is 3.91. The fourth-order valence-electron chi connectivity index (χ4n) is 4.04. The van der Waals surface area contributed by atoms with Crippen molar-refractivity contribution >= 4 is 17.8 Å². The van der Waals surface area contributed by atoms with E-state index in [1.807, 2.05) is 18.3 Å². The Morgan fingerprint density at radius 2 is 1.55 bits per heavy atom. The topological polar surface area (TPSA) is 40.3 Å². The second-order valence-corrected chi connectivity index (χ2v) is 11.1. The van der Waals surface area contributed by atoms with Crippen LogP contribution in [0.1, 0.15) is 63.8 Å². The second-order valence-electron chi connectivity index (χ2n) is 10.7. The zero-order chi connectivity index (χ0) is 22.8. The minimum Gasteiger partial charge on any atom is -0.507 e. The molecule has 0 aliphatic carbocycles. The standard InChI is InChI=1S/C26H36ClN3O/c1-25(2,3)21-15-19(16-22(24(21)31)26(4,5)6)17-28-30-13-11-29(12-14-30)18-20-9-7-8-10-23(20)27/h7-10,15-17,31H,11-14,18H2,1-6H3/p+1/b28-17+. The minimum absolute atomic E-state index is 0.137. The molecular weight excluding hydrogens is 406 g/mol. The Labute approximate surface area is 192 Å². The third-order valence-electron chi connectivity index (χ3n) is 5.96. The first-order valence-corrected chi connectivity index (χ1v) is 11.6. The van der Waals surface area contributed by atoms with Crippen LogP contribution in [0.2, 0.25) is 5.02 Å². The van der Waals surface area contributed by atoms with E-state index in [1.165, 1.54) is 10.5 Å². The highest BCUT2D eigenvalue weighted by Crippen LogP contribution is 2.39. The number of benzene rings is 2. The van der Waals surface area contributed by atoms with Crippen LogP contribution in [0.4, 0.5) is 0 Å². The second kappa shape index (κ2) is 9.22. The summed E-state index contributed by atoms with van der Waals surface area (Å²) in [6.07, 6.45) is 1.95. The number of rotatable bonds is 4. The lowest BCUT2D eigenvalue weighted by Crippen LogP contribution is -3.13. The van der Waals surface area contributed by atoms with Gasteiger partial charge in [0.05, 0.1) is 32.4 Å². The molecule has 1 aliphatic heterocycles. The van der Waals surface area contributed by atoms with Crippen molar-refractivity contribution in [1.82, 2.24) is 5.01 Å². The Balaban J connectivity index is 1.70. The van der Waals surface area contributed by atoms with Crippen molar-refractivity contribution in [2.24, 2.45) is 5.10 Å². The van der Waals surface area contributed by atoms with Gasteiger partial charge < -0.3 is 10.0 Å². The van der Waals surface area contributed by atoms with Gasteiger partial charge in [0.2, 0.25) is 0 Å². The highest BCUT2D eigenvalue weighted by molar-refractivity contribution is 6.31. The summed E-state index contributed by atoms with van der Waals surface area (Å²) >= 11 is 6.33. The van der Waals surface area contributed by atoms with Crippen molar-refractivity contribution in [3.05, 3.63) is 63.7 Å². The molecule has 1 saturated heterocycles. The first kappa shape index (κ1) is 23.6. The molecule has 2 aromatic carbocycles. The van der Waals surface area contributed by atoms with E-state index in [2.05, 4.69) is 70.8 Å². The van der Waals surface area contributed by atoms with Crippen molar-refractivity contribution < 1.29 is 10.0 Å². The maximum atomic E-state index is 10.9. The Kier molecular flexibility index (Phi) is 7.02. The van der Waals surface area contributed by atoms with Gasteiger partial charge in [0, 0.05) is 21.7 Å². The first-order valence-electron chi connectivity index (χ1n) is 11.2. The predicted octanol–water partition coefficient (Wildman–Crippen LogP) is 4.38. The average Bonchev–Trinajstić information content (AvgIpc) is 2.68. The average molecular weight is 443 g/mol. The molecule has 0 radical (unpaired) electrons. The summed E-state index contributed by atoms with van der Waals surface area (Å²) in [6.45, 7) is 17.7. The van der Waals surface area contributed by atoms with Gasteiger partial charge in [-0.15, -0.1) is 0 Å². The summed E-state index contributed by atoms with van der Waals surface area (Å²) in [4.78, 5) is 1.54. The highest BCUT2D eigenvalue weighted by Gasteiger charge is 2.26. The molecule has 4 nitrogen and oxygen atoms in total. The number of nitrogens with one attached hydrogen (secondary N) is 1. The number of hydrogen-bond acceptors (Lipinski definition) is 3. The summed E-state index contributed by atoms with van der Waals surface area (Å²) in [5, 5.41) is 18.7. The van der Waals surface area contributed by atoms with Gasteiger partial charge in [0.15, 0.2) is 0 Å². The van der Waals surface area contributed by atoms with Crippen LogP contribution in [-0.4, -0.2) is 42.5 Å². The number of aromatic hydroxyl groups is 1. The van der Waals surface area contributed by atoms with E-state index in [4.69, 9.17) is 16.7 Å². The van der Waals surface area contributed by atoms with E-state index in [0.29, 0.717) is 5.75 Å². The maximum Gasteiger partial charge on any atom is 0.123 e. The van der Waals surface area contributed by atoms with E-state index in [9.17, 15) is 5.11 Å². The van der Waals surface area contributed by atoms with Crippen LogP contribution in [0.25, 0.3) is 0 Å². The maximum absolute atomic E-state index is 10.9. The van der Waals surface area contributed by atoms with Gasteiger partial charge in [-0.25, -0.2) is 0 Å². The number of phenols is 1. The van der Waals surface area contributed by atoms with Gasteiger partial charge in [0.25, 0.3) is 0 Å². The number of hydrogen-bond donors (Lipinski definition) is 2. The van der Waals surface area contributed by atoms with Gasteiger partial charge in [-0.2, -0.15) is 5.10 Å². The molecule has 168 valence electrons. The lowest BCUT2D eigenvalue weighted by atomic mass is 9.78. The zero-order valence-corrected chi connectivity index (χ0v) is 20.6. The molecule has 0 aromatic heterocycles. The molecule has 31 heavy (non-hydrogen) atoms. The molecule has 5 heteroatoms. The summed E-state index contributed by atoms with van der Waals surface area (Å²) in [7, 11) is 0. The first-order chi connectivity index (χ1) is 14.4. The van der Waals surface area contributed by atoms with Gasteiger partial charge >= 0.3 is 0 Å². The van der Waals surface area contributed by atoms with Crippen LogP contribution in [0.5, 0.6) is 5.75 Å². The molecule has 1 heterocycles. The molecule has 0 unspecified atom stereocenters. The fraction of sp³-hybridized carbons (Fsp3) is 0.500. The number of quaternary nitrogens is 1. The third-order valence-corrected chi connectivity index (χ3v) is 6.33. The van der Waals surface area contributed by atoms with E-state index in [-0.39, 0.29) is 10.8 Å². The number of halogens is 1. The third kappa shape index (κ3) is 6.02. The molecule has 0 spiro atoms. The smallest absolute Gasteiger partial charge is 0.123 e. The summed E-state index contributed by atoms with van der Waals surface area (Å²) in [6, 6.07) is 12.3. The molecule has 2 N–H and O–H groups in total. The lowest BCUT2D eigenvalue weighted by molar-refractivity contribution is -0.918. The largest absolute Gasteiger partial charge is 0.507 e. The number of phenolic OH excluding ortho intramolecular Hbond substituents is 1. The molecule has 0 saturated carbocycles. The number of nitrogens with zero attached hydrogens (tertiary/aromatic N) is 2. The van der Waals surface area contributed by atoms with Crippen molar-refractivity contribution in [1.29, 1.82) is 0 Å². The van der Waals surface area contributed by atoms with E-state index < -0.39 is 0 Å². The fourth-order valence-corrected chi connectivity index (χ4v) is 4.24. The normalized spacial score (nSPS) is 16.3. The van der Waals surface area contributed by atoms with E-state index >= 15 is 0 Å². The number of piperazine rings is 1. The van der Waals surface area contributed by atoms with Crippen LogP contribution in [0, 0.1) is 0 Å². The molecule has 2 aromatic rings. The molecule has 1 aliphatic rings. The van der Waals surface area contributed by atoms with Crippen LogP contribution in [-0.2, 0) is 17.4 Å². The Bertz CT molecular complexity index is 897. The molecular formula is C26H37ClN3O+. The molecule has 3 rings (SSSR count). The van der Waals surface area contributed by atoms with Crippen LogP contribution < -0.4 is 4.90 Å². The zero-order valence-electron chi connectivity index (χ0n) is 19.8. The molecule has 0 amide bonds. The van der Waals surface area contributed by atoms with E-state index in [0.717, 1.165) is 54.4 Å². The van der Waals surface area contributed by atoms with Crippen molar-refractivity contribution in [2.45, 2.75) is 58.9 Å². The summed E-state index contributed by atoms with van der Waals surface area (Å²) in [5.74, 6) is 0.411. The Morgan fingerprint density at radius 1 is 1.00 bits per heavy atom. The minimum atomic E-state index is -0.137. The van der Waals surface area contributed by atoms with Gasteiger partial charge in [0.1, 0.15) is 12.3 Å². The van der Waals surface area contributed by atoms with Crippen LogP contribution in [0.3, 0.4) is 0 Å². The van der Waals surface area contributed by atoms with Crippen LogP contribution >= 0.6 is 11.6 Å². The lowest BCUT2D eigenvalue weighted by Gasteiger charge is -2.31. The number of hydrazone groups is 1. The van der Waals surface area contributed by atoms with Gasteiger partial charge in [-0.05, 0) is 34.6 Å². The monoisotopic (exact) mass is 442 g/mol. The summed E-state index contributed by atoms with van der Waals surface area (Å²) < 4.78 is 0. The Hall–Kier alpha value is -2.04. The van der Waals surface area contributed by atoms with E-state index in [1.54, 1.807) is 0 Å². The van der Waals surface area contributed by atoms with Gasteiger partial charge in [-0.1, -0.05) is 71.3 Å². The highest BCUT2D eigenvalue weighted by atomic mass is 35.5. The van der Waals surface area contributed by atoms with Crippen molar-refractivity contribution in [3.63, 3.8) is 0 Å². The SMILES string of the molecule is CC(C)(C)c1cc(/C=N/N2CC[NH+](Cc3ccccc3Cl)CC2)cc(C(C)(C)C)c1O. The van der Waals surface area contributed by atoms with Crippen molar-refractivity contribution in [3.8, 4) is 5.75 Å². The van der Waals surface area contributed by atoms with Gasteiger partial charge in [-0.3, -0.25) is 5.01 Å². The molecule has 1 fully saturated rings.